The molecule has 0 N–H and O–H groups in total. The summed E-state index contributed by atoms with van der Waals surface area (Å²) in [6, 6.07) is 7.51. The molecule has 2 aromatic heterocycles. The quantitative estimate of drug-likeness (QED) is 0.636. The average Bonchev–Trinajstić information content (AvgIpc) is 2.69. The summed E-state index contributed by atoms with van der Waals surface area (Å²) in [6.45, 7) is 14.0. The van der Waals surface area contributed by atoms with Crippen molar-refractivity contribution >= 4 is 22.4 Å². The van der Waals surface area contributed by atoms with E-state index in [0.29, 0.717) is 24.3 Å². The number of rotatable bonds is 3. The SMILES string of the molecule is [C-]#[N+]c1cccc([C@@H](C)N=c2nc(C)n(C)c3cnc(N4CC(F)C4)cc23)c1C. The molecule has 0 unspecified atom stereocenters. The summed E-state index contributed by atoms with van der Waals surface area (Å²) in [7, 11) is 1.95. The first-order valence-electron chi connectivity index (χ1n) is 9.62. The van der Waals surface area contributed by atoms with Crippen molar-refractivity contribution in [3.8, 4) is 0 Å². The van der Waals surface area contributed by atoms with Gasteiger partial charge in [-0.25, -0.2) is 19.2 Å². The molecule has 0 aliphatic carbocycles. The molecular weight excluding hydrogens is 367 g/mol. The van der Waals surface area contributed by atoms with Crippen molar-refractivity contribution in [2.24, 2.45) is 12.0 Å². The van der Waals surface area contributed by atoms with Crippen molar-refractivity contribution < 1.29 is 4.39 Å². The molecule has 0 spiro atoms. The van der Waals surface area contributed by atoms with Crippen LogP contribution in [-0.2, 0) is 7.05 Å². The molecule has 1 aliphatic rings. The van der Waals surface area contributed by atoms with Crippen LogP contribution < -0.4 is 10.4 Å². The van der Waals surface area contributed by atoms with Gasteiger partial charge in [0.1, 0.15) is 17.8 Å². The fourth-order valence-corrected chi connectivity index (χ4v) is 3.70. The zero-order valence-corrected chi connectivity index (χ0v) is 17.0. The molecule has 4 rings (SSSR count). The first-order valence-corrected chi connectivity index (χ1v) is 9.62. The lowest BCUT2D eigenvalue weighted by atomic mass is 10.0. The Labute approximate surface area is 169 Å². The van der Waals surface area contributed by atoms with Crippen LogP contribution in [0.2, 0.25) is 0 Å². The van der Waals surface area contributed by atoms with Crippen molar-refractivity contribution in [3.05, 3.63) is 64.3 Å². The van der Waals surface area contributed by atoms with Crippen LogP contribution in [-0.4, -0.2) is 33.8 Å². The number of halogens is 1. The smallest absolute Gasteiger partial charge is 0.190 e. The molecule has 0 amide bonds. The fraction of sp³-hybridized carbons (Fsp3) is 0.364. The van der Waals surface area contributed by atoms with Crippen LogP contribution in [0.25, 0.3) is 15.7 Å². The maximum Gasteiger partial charge on any atom is 0.190 e. The molecule has 0 radical (unpaired) electrons. The third-order valence-corrected chi connectivity index (χ3v) is 5.62. The minimum Gasteiger partial charge on any atom is -0.351 e. The molecule has 1 aromatic carbocycles. The molecule has 0 bridgehead atoms. The molecule has 1 fully saturated rings. The van der Waals surface area contributed by atoms with E-state index in [0.717, 1.165) is 33.7 Å². The van der Waals surface area contributed by atoms with Crippen LogP contribution in [0.1, 0.15) is 29.9 Å². The Kier molecular flexibility index (Phi) is 4.79. The number of fused-ring (bicyclic) bond motifs is 1. The Morgan fingerprint density at radius 2 is 2.07 bits per heavy atom. The Morgan fingerprint density at radius 3 is 2.76 bits per heavy atom. The first-order chi connectivity index (χ1) is 13.9. The number of pyridine rings is 1. The molecule has 3 aromatic rings. The van der Waals surface area contributed by atoms with Gasteiger partial charge in [-0.05, 0) is 38.0 Å². The van der Waals surface area contributed by atoms with E-state index in [-0.39, 0.29) is 6.04 Å². The molecule has 1 aliphatic heterocycles. The zero-order chi connectivity index (χ0) is 20.7. The standard InChI is InChI=1S/C22H23FN6/c1-13-17(7-6-8-19(13)24-4)14(2)26-22-18-9-21(29-11-16(23)12-29)25-10-20(18)28(5)15(3)27-22/h6-10,14,16H,11-12H2,1-3,5H3/t14-/m1/s1. The first kappa shape index (κ1) is 19.1. The minimum absolute atomic E-state index is 0.157. The number of hydrogen-bond donors (Lipinski definition) is 0. The lowest BCUT2D eigenvalue weighted by molar-refractivity contribution is 0.273. The van der Waals surface area contributed by atoms with Gasteiger partial charge in [0.25, 0.3) is 0 Å². The minimum atomic E-state index is -0.790. The maximum absolute atomic E-state index is 13.3. The van der Waals surface area contributed by atoms with E-state index in [4.69, 9.17) is 16.5 Å². The molecule has 148 valence electrons. The van der Waals surface area contributed by atoms with Crippen molar-refractivity contribution in [2.45, 2.75) is 33.0 Å². The van der Waals surface area contributed by atoms with Crippen LogP contribution >= 0.6 is 0 Å². The van der Waals surface area contributed by atoms with E-state index >= 15 is 0 Å². The van der Waals surface area contributed by atoms with E-state index in [2.05, 4.69) is 9.83 Å². The van der Waals surface area contributed by atoms with E-state index in [9.17, 15) is 4.39 Å². The van der Waals surface area contributed by atoms with Gasteiger partial charge in [-0.1, -0.05) is 18.2 Å². The highest BCUT2D eigenvalue weighted by Gasteiger charge is 2.27. The zero-order valence-electron chi connectivity index (χ0n) is 17.0. The molecule has 1 atom stereocenters. The summed E-state index contributed by atoms with van der Waals surface area (Å²) >= 11 is 0. The van der Waals surface area contributed by atoms with Crippen LogP contribution in [0.5, 0.6) is 0 Å². The molecule has 1 saturated heterocycles. The summed E-state index contributed by atoms with van der Waals surface area (Å²) in [5, 5.41) is 0.885. The monoisotopic (exact) mass is 390 g/mol. The molecule has 3 heterocycles. The summed E-state index contributed by atoms with van der Waals surface area (Å²) in [5.41, 5.74) is 4.16. The molecule has 7 heteroatoms. The number of anilines is 1. The maximum atomic E-state index is 13.3. The second-order valence-electron chi connectivity index (χ2n) is 7.51. The van der Waals surface area contributed by atoms with Crippen molar-refractivity contribution in [1.82, 2.24) is 14.5 Å². The normalized spacial score (nSPS) is 16.0. The Balaban J connectivity index is 1.87. The van der Waals surface area contributed by atoms with Gasteiger partial charge in [-0.2, -0.15) is 0 Å². The Bertz CT molecular complexity index is 1200. The van der Waals surface area contributed by atoms with Crippen LogP contribution in [0.15, 0.2) is 35.5 Å². The Hall–Kier alpha value is -3.27. The number of nitrogens with zero attached hydrogens (tertiary/aromatic N) is 6. The van der Waals surface area contributed by atoms with Gasteiger partial charge < -0.3 is 9.47 Å². The van der Waals surface area contributed by atoms with Crippen molar-refractivity contribution in [2.75, 3.05) is 18.0 Å². The van der Waals surface area contributed by atoms with Gasteiger partial charge in [-0.3, -0.25) is 4.99 Å². The third kappa shape index (κ3) is 3.35. The van der Waals surface area contributed by atoms with Gasteiger partial charge >= 0.3 is 0 Å². The van der Waals surface area contributed by atoms with E-state index < -0.39 is 6.17 Å². The Morgan fingerprint density at radius 1 is 1.31 bits per heavy atom. The molecular formula is C22H23FN6. The molecule has 6 nitrogen and oxygen atoms in total. The number of hydrogen-bond acceptors (Lipinski definition) is 4. The summed E-state index contributed by atoms with van der Waals surface area (Å²) in [4.78, 5) is 19.6. The van der Waals surface area contributed by atoms with E-state index in [1.165, 1.54) is 0 Å². The highest BCUT2D eigenvalue weighted by Crippen LogP contribution is 2.28. The highest BCUT2D eigenvalue weighted by molar-refractivity contribution is 5.80. The van der Waals surface area contributed by atoms with Gasteiger partial charge in [0.2, 0.25) is 0 Å². The summed E-state index contributed by atoms with van der Waals surface area (Å²) in [5.74, 6) is 1.57. The lowest BCUT2D eigenvalue weighted by Gasteiger charge is -2.35. The van der Waals surface area contributed by atoms with Gasteiger partial charge in [0.15, 0.2) is 11.2 Å². The van der Waals surface area contributed by atoms with Gasteiger partial charge in [0.05, 0.1) is 37.4 Å². The number of alkyl halides is 1. The topological polar surface area (TPSA) is 50.7 Å². The number of benzene rings is 1. The molecule has 29 heavy (non-hydrogen) atoms. The number of aromatic nitrogens is 3. The van der Waals surface area contributed by atoms with Gasteiger partial charge in [-0.15, -0.1) is 0 Å². The fourth-order valence-electron chi connectivity index (χ4n) is 3.70. The van der Waals surface area contributed by atoms with Crippen LogP contribution in [0.4, 0.5) is 15.9 Å². The predicted molar refractivity (Wildman–Crippen MR) is 112 cm³/mol. The van der Waals surface area contributed by atoms with Crippen molar-refractivity contribution in [3.63, 3.8) is 0 Å². The largest absolute Gasteiger partial charge is 0.351 e. The van der Waals surface area contributed by atoms with Gasteiger partial charge in [0, 0.05) is 12.4 Å². The predicted octanol–water partition coefficient (Wildman–Crippen LogP) is 3.96. The summed E-state index contributed by atoms with van der Waals surface area (Å²) in [6.07, 6.45) is 1.01. The molecule has 0 saturated carbocycles. The average molecular weight is 390 g/mol. The van der Waals surface area contributed by atoms with Crippen molar-refractivity contribution in [1.29, 1.82) is 0 Å². The second-order valence-corrected chi connectivity index (χ2v) is 7.51. The lowest BCUT2D eigenvalue weighted by Crippen LogP contribution is -2.48. The summed E-state index contributed by atoms with van der Waals surface area (Å²) < 4.78 is 15.3. The van der Waals surface area contributed by atoms with Crippen LogP contribution in [0.3, 0.4) is 0 Å². The third-order valence-electron chi connectivity index (χ3n) is 5.62. The number of aryl methyl sites for hydroxylation is 2. The van der Waals surface area contributed by atoms with E-state index in [1.807, 2.05) is 61.6 Å². The second kappa shape index (κ2) is 7.28. The highest BCUT2D eigenvalue weighted by atomic mass is 19.1. The van der Waals surface area contributed by atoms with Crippen LogP contribution in [0, 0.1) is 20.4 Å². The van der Waals surface area contributed by atoms with E-state index in [1.54, 1.807) is 6.20 Å².